The molecule has 8 nitrogen and oxygen atoms in total. The molecule has 4 aromatic rings. The van der Waals surface area contributed by atoms with E-state index in [-0.39, 0.29) is 0 Å². The SMILES string of the molecule is CC(O)N(c1cc(-c2ccccc2)ccc1CNc1nc2ncncc2[nH]1)C(C)O. The molecule has 2 unspecified atom stereocenters. The van der Waals surface area contributed by atoms with Gasteiger partial charge in [-0.05, 0) is 36.6 Å². The fourth-order valence-corrected chi connectivity index (χ4v) is 3.50. The van der Waals surface area contributed by atoms with E-state index < -0.39 is 12.5 Å². The van der Waals surface area contributed by atoms with Crippen molar-refractivity contribution < 1.29 is 10.2 Å². The van der Waals surface area contributed by atoms with Gasteiger partial charge in [0, 0.05) is 12.2 Å². The maximum absolute atomic E-state index is 10.3. The summed E-state index contributed by atoms with van der Waals surface area (Å²) in [5.74, 6) is 0.573. The molecule has 2 aromatic carbocycles. The minimum absolute atomic E-state index is 0.438. The Bertz CT molecular complexity index is 1090. The monoisotopic (exact) mass is 404 g/mol. The molecule has 154 valence electrons. The van der Waals surface area contributed by atoms with Crippen LogP contribution in [0.2, 0.25) is 0 Å². The van der Waals surface area contributed by atoms with Gasteiger partial charge < -0.3 is 25.4 Å². The number of hydrogen-bond acceptors (Lipinski definition) is 7. The molecule has 0 aliphatic heterocycles. The topological polar surface area (TPSA) is 110 Å². The summed E-state index contributed by atoms with van der Waals surface area (Å²) in [6.45, 7) is 3.71. The lowest BCUT2D eigenvalue weighted by atomic mass is 10.0. The first kappa shape index (κ1) is 19.8. The average molecular weight is 404 g/mol. The second-order valence-corrected chi connectivity index (χ2v) is 7.08. The van der Waals surface area contributed by atoms with Gasteiger partial charge in [0.25, 0.3) is 0 Å². The third-order valence-electron chi connectivity index (χ3n) is 4.88. The van der Waals surface area contributed by atoms with Gasteiger partial charge in [-0.25, -0.2) is 9.97 Å². The zero-order valence-electron chi connectivity index (χ0n) is 16.8. The fourth-order valence-electron chi connectivity index (χ4n) is 3.50. The van der Waals surface area contributed by atoms with E-state index in [1.54, 1.807) is 24.9 Å². The van der Waals surface area contributed by atoms with Gasteiger partial charge in [-0.3, -0.25) is 0 Å². The zero-order valence-corrected chi connectivity index (χ0v) is 16.8. The molecular weight excluding hydrogens is 380 g/mol. The molecule has 2 aromatic heterocycles. The van der Waals surface area contributed by atoms with E-state index in [1.807, 2.05) is 48.5 Å². The Kier molecular flexibility index (Phi) is 5.60. The number of aromatic nitrogens is 4. The van der Waals surface area contributed by atoms with Crippen LogP contribution in [0.3, 0.4) is 0 Å². The van der Waals surface area contributed by atoms with Crippen LogP contribution in [0.25, 0.3) is 22.3 Å². The number of fused-ring (bicyclic) bond motifs is 1. The van der Waals surface area contributed by atoms with Crippen molar-refractivity contribution >= 4 is 22.8 Å². The number of imidazole rings is 1. The Morgan fingerprint density at radius 1 is 1.03 bits per heavy atom. The molecule has 0 saturated carbocycles. The van der Waals surface area contributed by atoms with E-state index in [2.05, 4.69) is 25.3 Å². The van der Waals surface area contributed by atoms with Crippen LogP contribution in [0, 0.1) is 0 Å². The second kappa shape index (κ2) is 8.48. The molecule has 4 rings (SSSR count). The molecule has 2 heterocycles. The van der Waals surface area contributed by atoms with Crippen molar-refractivity contribution in [2.75, 3.05) is 10.2 Å². The second-order valence-electron chi connectivity index (χ2n) is 7.08. The van der Waals surface area contributed by atoms with Crippen LogP contribution in [-0.4, -0.2) is 42.6 Å². The number of aromatic amines is 1. The standard InChI is InChI=1S/C22H24N6O2/c1-14(29)28(15(2)30)20-10-17(16-6-4-3-5-7-16)8-9-18(20)11-24-22-26-19-12-23-13-25-21(19)27-22/h3-10,12-15,29-30H,11H2,1-2H3,(H2,23,24,25,26,27). The Morgan fingerprint density at radius 2 is 1.80 bits per heavy atom. The van der Waals surface area contributed by atoms with Crippen molar-refractivity contribution in [3.63, 3.8) is 0 Å². The summed E-state index contributed by atoms with van der Waals surface area (Å²) in [4.78, 5) is 17.2. The Balaban J connectivity index is 1.68. The highest BCUT2D eigenvalue weighted by Gasteiger charge is 2.21. The van der Waals surface area contributed by atoms with E-state index in [1.165, 1.54) is 6.33 Å². The van der Waals surface area contributed by atoms with Crippen molar-refractivity contribution in [1.29, 1.82) is 0 Å². The summed E-state index contributed by atoms with van der Waals surface area (Å²) in [5.41, 5.74) is 5.04. The molecule has 4 N–H and O–H groups in total. The van der Waals surface area contributed by atoms with Crippen LogP contribution >= 0.6 is 0 Å². The van der Waals surface area contributed by atoms with Crippen LogP contribution in [0.15, 0.2) is 61.1 Å². The van der Waals surface area contributed by atoms with Crippen LogP contribution in [0.1, 0.15) is 19.4 Å². The lowest BCUT2D eigenvalue weighted by Crippen LogP contribution is -2.41. The molecule has 8 heteroatoms. The van der Waals surface area contributed by atoms with Gasteiger partial charge in [-0.1, -0.05) is 42.5 Å². The van der Waals surface area contributed by atoms with Crippen molar-refractivity contribution in [2.24, 2.45) is 0 Å². The summed E-state index contributed by atoms with van der Waals surface area (Å²) in [6.07, 6.45) is 1.40. The molecule has 0 amide bonds. The third kappa shape index (κ3) is 4.10. The third-order valence-corrected chi connectivity index (χ3v) is 4.88. The summed E-state index contributed by atoms with van der Waals surface area (Å²) in [5, 5.41) is 23.9. The van der Waals surface area contributed by atoms with Crippen molar-refractivity contribution in [3.8, 4) is 11.1 Å². The fraction of sp³-hybridized carbons (Fsp3) is 0.227. The van der Waals surface area contributed by atoms with Gasteiger partial charge in [0.05, 0.1) is 6.20 Å². The van der Waals surface area contributed by atoms with Gasteiger partial charge in [0.2, 0.25) is 5.95 Å². The molecule has 2 atom stereocenters. The first-order chi connectivity index (χ1) is 14.5. The van der Waals surface area contributed by atoms with E-state index in [0.717, 1.165) is 27.9 Å². The van der Waals surface area contributed by atoms with Gasteiger partial charge >= 0.3 is 0 Å². The van der Waals surface area contributed by atoms with Gasteiger partial charge in [0.15, 0.2) is 5.65 Å². The highest BCUT2D eigenvalue weighted by molar-refractivity contribution is 5.73. The van der Waals surface area contributed by atoms with Crippen molar-refractivity contribution in [2.45, 2.75) is 32.8 Å². The van der Waals surface area contributed by atoms with E-state index >= 15 is 0 Å². The van der Waals surface area contributed by atoms with Crippen LogP contribution < -0.4 is 10.2 Å². The van der Waals surface area contributed by atoms with Crippen molar-refractivity contribution in [3.05, 3.63) is 66.6 Å². The van der Waals surface area contributed by atoms with E-state index in [0.29, 0.717) is 18.1 Å². The summed E-state index contributed by atoms with van der Waals surface area (Å²) in [6, 6.07) is 16.0. The predicted octanol–water partition coefficient (Wildman–Crippen LogP) is 3.12. The molecule has 0 saturated heterocycles. The molecular formula is C22H24N6O2. The number of H-pyrrole nitrogens is 1. The highest BCUT2D eigenvalue weighted by Crippen LogP contribution is 2.31. The van der Waals surface area contributed by atoms with E-state index in [4.69, 9.17) is 0 Å². The number of nitrogens with one attached hydrogen (secondary N) is 2. The minimum atomic E-state index is -0.865. The first-order valence-corrected chi connectivity index (χ1v) is 9.75. The van der Waals surface area contributed by atoms with Crippen LogP contribution in [0.4, 0.5) is 11.6 Å². The largest absolute Gasteiger partial charge is 0.374 e. The number of hydrogen-bond donors (Lipinski definition) is 4. The molecule has 0 aliphatic rings. The molecule has 30 heavy (non-hydrogen) atoms. The van der Waals surface area contributed by atoms with E-state index in [9.17, 15) is 10.2 Å². The lowest BCUT2D eigenvalue weighted by Gasteiger charge is -2.32. The Hall–Kier alpha value is -3.49. The predicted molar refractivity (Wildman–Crippen MR) is 117 cm³/mol. The number of benzene rings is 2. The smallest absolute Gasteiger partial charge is 0.203 e. The minimum Gasteiger partial charge on any atom is -0.374 e. The quantitative estimate of drug-likeness (QED) is 0.350. The number of nitrogens with zero attached hydrogens (tertiary/aromatic N) is 4. The van der Waals surface area contributed by atoms with Crippen LogP contribution in [0.5, 0.6) is 0 Å². The molecule has 0 bridgehead atoms. The molecule has 0 radical (unpaired) electrons. The van der Waals surface area contributed by atoms with Gasteiger partial charge in [-0.2, -0.15) is 4.98 Å². The average Bonchev–Trinajstić information content (AvgIpc) is 3.16. The summed E-state index contributed by atoms with van der Waals surface area (Å²) >= 11 is 0. The maximum atomic E-state index is 10.3. The Morgan fingerprint density at radius 3 is 2.50 bits per heavy atom. The van der Waals surface area contributed by atoms with Crippen LogP contribution in [-0.2, 0) is 6.54 Å². The first-order valence-electron chi connectivity index (χ1n) is 9.75. The van der Waals surface area contributed by atoms with Gasteiger partial charge in [0.1, 0.15) is 24.3 Å². The Labute approximate surface area is 174 Å². The lowest BCUT2D eigenvalue weighted by molar-refractivity contribution is 0.105. The molecule has 0 spiro atoms. The van der Waals surface area contributed by atoms with Gasteiger partial charge in [-0.15, -0.1) is 0 Å². The summed E-state index contributed by atoms with van der Waals surface area (Å²) < 4.78 is 0. The number of anilines is 2. The molecule has 0 fully saturated rings. The maximum Gasteiger partial charge on any atom is 0.203 e. The normalized spacial score (nSPS) is 13.2. The number of aliphatic hydroxyl groups excluding tert-OH is 2. The zero-order chi connectivity index (χ0) is 21.1. The number of rotatable bonds is 7. The molecule has 0 aliphatic carbocycles. The number of aliphatic hydroxyl groups is 2. The highest BCUT2D eigenvalue weighted by atomic mass is 16.3. The summed E-state index contributed by atoms with van der Waals surface area (Å²) in [7, 11) is 0. The van der Waals surface area contributed by atoms with Crippen molar-refractivity contribution in [1.82, 2.24) is 19.9 Å².